The van der Waals surface area contributed by atoms with Crippen LogP contribution >= 0.6 is 0 Å². The number of nitriles is 1. The van der Waals surface area contributed by atoms with E-state index in [2.05, 4.69) is 5.32 Å². The first-order valence-electron chi connectivity index (χ1n) is 5.55. The van der Waals surface area contributed by atoms with Crippen LogP contribution in [-0.2, 0) is 4.79 Å². The number of hydrogen-bond acceptors (Lipinski definition) is 5. The van der Waals surface area contributed by atoms with Gasteiger partial charge >= 0.3 is 5.97 Å². The van der Waals surface area contributed by atoms with Gasteiger partial charge < -0.3 is 10.4 Å². The molecule has 1 unspecified atom stereocenters. The molecule has 1 aromatic carbocycles. The van der Waals surface area contributed by atoms with Crippen molar-refractivity contribution in [3.63, 3.8) is 0 Å². The van der Waals surface area contributed by atoms with Crippen LogP contribution in [0.1, 0.15) is 19.4 Å². The Labute approximate surface area is 109 Å². The number of carboxylic acids is 1. The van der Waals surface area contributed by atoms with Crippen LogP contribution in [0.2, 0.25) is 0 Å². The van der Waals surface area contributed by atoms with E-state index in [9.17, 15) is 14.9 Å². The molecule has 0 aliphatic rings. The molecule has 0 saturated heterocycles. The maximum Gasteiger partial charge on any atom is 0.326 e. The van der Waals surface area contributed by atoms with Gasteiger partial charge in [0.25, 0.3) is 5.69 Å². The summed E-state index contributed by atoms with van der Waals surface area (Å²) in [6.45, 7) is 3.41. The zero-order valence-electron chi connectivity index (χ0n) is 10.5. The largest absolute Gasteiger partial charge is 0.480 e. The molecular weight excluding hydrogens is 250 g/mol. The lowest BCUT2D eigenvalue weighted by molar-refractivity contribution is -0.385. The molecule has 0 aliphatic carbocycles. The number of nitrogens with one attached hydrogen (secondary N) is 1. The molecule has 0 aliphatic heterocycles. The van der Waals surface area contributed by atoms with E-state index in [1.54, 1.807) is 19.9 Å². The van der Waals surface area contributed by atoms with Crippen molar-refractivity contribution in [2.45, 2.75) is 19.9 Å². The zero-order chi connectivity index (χ0) is 14.6. The summed E-state index contributed by atoms with van der Waals surface area (Å²) in [5.74, 6) is -1.31. The van der Waals surface area contributed by atoms with Gasteiger partial charge in [0.15, 0.2) is 5.56 Å². The van der Waals surface area contributed by atoms with Crippen molar-refractivity contribution in [2.24, 2.45) is 5.92 Å². The highest BCUT2D eigenvalue weighted by molar-refractivity contribution is 5.79. The summed E-state index contributed by atoms with van der Waals surface area (Å²) >= 11 is 0. The molecule has 7 nitrogen and oxygen atoms in total. The average Bonchev–Trinajstić information content (AvgIpc) is 2.34. The smallest absolute Gasteiger partial charge is 0.326 e. The van der Waals surface area contributed by atoms with Gasteiger partial charge in [-0.3, -0.25) is 10.1 Å². The first-order chi connectivity index (χ1) is 8.88. The highest BCUT2D eigenvalue weighted by atomic mass is 16.6. The van der Waals surface area contributed by atoms with E-state index in [0.717, 1.165) is 0 Å². The molecule has 19 heavy (non-hydrogen) atoms. The van der Waals surface area contributed by atoms with E-state index in [4.69, 9.17) is 10.4 Å². The first kappa shape index (κ1) is 14.4. The summed E-state index contributed by atoms with van der Waals surface area (Å²) in [5.41, 5.74) is -0.363. The standard InChI is InChI=1S/C12H13N3O4/c1-7(2)11(12(16)17)14-9-4-3-5-10(15(18)19)8(9)6-13/h3-5,7,11,14H,1-2H3,(H,16,17). The van der Waals surface area contributed by atoms with E-state index in [0.29, 0.717) is 0 Å². The first-order valence-corrected chi connectivity index (χ1v) is 5.55. The van der Waals surface area contributed by atoms with Crippen LogP contribution in [0.3, 0.4) is 0 Å². The molecule has 1 rings (SSSR count). The number of anilines is 1. The van der Waals surface area contributed by atoms with Gasteiger partial charge in [-0.25, -0.2) is 4.79 Å². The molecule has 0 amide bonds. The number of rotatable bonds is 5. The molecule has 2 N–H and O–H groups in total. The number of carbonyl (C=O) groups is 1. The number of aliphatic carboxylic acids is 1. The van der Waals surface area contributed by atoms with Crippen molar-refractivity contribution in [3.05, 3.63) is 33.9 Å². The van der Waals surface area contributed by atoms with Crippen molar-refractivity contribution in [1.29, 1.82) is 5.26 Å². The fourth-order valence-corrected chi connectivity index (χ4v) is 1.61. The van der Waals surface area contributed by atoms with Crippen LogP contribution in [0.5, 0.6) is 0 Å². The highest BCUT2D eigenvalue weighted by Crippen LogP contribution is 2.26. The molecule has 0 heterocycles. The van der Waals surface area contributed by atoms with Gasteiger partial charge in [-0.05, 0) is 12.0 Å². The van der Waals surface area contributed by atoms with Crippen LogP contribution in [0.4, 0.5) is 11.4 Å². The molecule has 0 aromatic heterocycles. The molecule has 0 bridgehead atoms. The quantitative estimate of drug-likeness (QED) is 0.619. The van der Waals surface area contributed by atoms with Gasteiger partial charge in [0.2, 0.25) is 0 Å². The van der Waals surface area contributed by atoms with E-state index in [1.165, 1.54) is 18.2 Å². The molecule has 0 radical (unpaired) electrons. The Morgan fingerprint density at radius 3 is 2.58 bits per heavy atom. The second-order valence-electron chi connectivity index (χ2n) is 4.27. The Kier molecular flexibility index (Phi) is 4.42. The second kappa shape index (κ2) is 5.82. The molecule has 1 atom stereocenters. The maximum atomic E-state index is 11.1. The molecule has 0 spiro atoms. The molecule has 100 valence electrons. The van der Waals surface area contributed by atoms with Gasteiger partial charge in [-0.15, -0.1) is 0 Å². The Balaban J connectivity index is 3.22. The Bertz CT molecular complexity index is 548. The minimum Gasteiger partial charge on any atom is -0.480 e. The summed E-state index contributed by atoms with van der Waals surface area (Å²) in [7, 11) is 0. The lowest BCUT2D eigenvalue weighted by Gasteiger charge is -2.19. The number of hydrogen-bond donors (Lipinski definition) is 2. The van der Waals surface area contributed by atoms with Crippen LogP contribution < -0.4 is 5.32 Å². The summed E-state index contributed by atoms with van der Waals surface area (Å²) in [6.07, 6.45) is 0. The Hall–Kier alpha value is -2.62. The van der Waals surface area contributed by atoms with Crippen molar-refractivity contribution < 1.29 is 14.8 Å². The fourth-order valence-electron chi connectivity index (χ4n) is 1.61. The highest BCUT2D eigenvalue weighted by Gasteiger charge is 2.24. The Morgan fingerprint density at radius 1 is 1.53 bits per heavy atom. The number of nitrogens with zero attached hydrogens (tertiary/aromatic N) is 2. The molecule has 0 saturated carbocycles. The van der Waals surface area contributed by atoms with Gasteiger partial charge in [0.05, 0.1) is 10.6 Å². The monoisotopic (exact) mass is 263 g/mol. The second-order valence-corrected chi connectivity index (χ2v) is 4.27. The SMILES string of the molecule is CC(C)C(Nc1cccc([N+](=O)[O-])c1C#N)C(=O)O. The van der Waals surface area contributed by atoms with Crippen molar-refractivity contribution in [2.75, 3.05) is 5.32 Å². The predicted molar refractivity (Wildman–Crippen MR) is 67.7 cm³/mol. The fraction of sp³-hybridized carbons (Fsp3) is 0.333. The summed E-state index contributed by atoms with van der Waals surface area (Å²) in [5, 5.41) is 31.5. The molecule has 7 heteroatoms. The van der Waals surface area contributed by atoms with E-state index >= 15 is 0 Å². The van der Waals surface area contributed by atoms with E-state index < -0.39 is 16.9 Å². The maximum absolute atomic E-state index is 11.1. The third-order valence-corrected chi connectivity index (χ3v) is 2.59. The lowest BCUT2D eigenvalue weighted by Crippen LogP contribution is -2.34. The predicted octanol–water partition coefficient (Wildman–Crippen LogP) is 1.99. The number of benzene rings is 1. The number of nitro benzene ring substituents is 1. The van der Waals surface area contributed by atoms with Gasteiger partial charge in [0.1, 0.15) is 12.1 Å². The molecule has 0 fully saturated rings. The van der Waals surface area contributed by atoms with E-state index in [1.807, 2.05) is 0 Å². The minimum atomic E-state index is -1.08. The van der Waals surface area contributed by atoms with Gasteiger partial charge in [0, 0.05) is 6.07 Å². The van der Waals surface area contributed by atoms with Gasteiger partial charge in [-0.2, -0.15) is 5.26 Å². The molecule has 1 aromatic rings. The normalized spacial score (nSPS) is 11.7. The van der Waals surface area contributed by atoms with Crippen molar-refractivity contribution in [1.82, 2.24) is 0 Å². The summed E-state index contributed by atoms with van der Waals surface area (Å²) < 4.78 is 0. The summed E-state index contributed by atoms with van der Waals surface area (Å²) in [4.78, 5) is 21.2. The lowest BCUT2D eigenvalue weighted by atomic mass is 10.0. The average molecular weight is 263 g/mol. The number of carboxylic acid groups (broad SMARTS) is 1. The van der Waals surface area contributed by atoms with E-state index in [-0.39, 0.29) is 22.9 Å². The van der Waals surface area contributed by atoms with Crippen molar-refractivity contribution >= 4 is 17.3 Å². The Morgan fingerprint density at radius 2 is 2.16 bits per heavy atom. The van der Waals surface area contributed by atoms with Crippen molar-refractivity contribution in [3.8, 4) is 6.07 Å². The van der Waals surface area contributed by atoms with Crippen LogP contribution in [0, 0.1) is 27.4 Å². The number of nitro groups is 1. The minimum absolute atomic E-state index is 0.151. The zero-order valence-corrected chi connectivity index (χ0v) is 10.5. The summed E-state index contributed by atoms with van der Waals surface area (Å²) in [6, 6.07) is 4.86. The molecular formula is C12H13N3O4. The third-order valence-electron chi connectivity index (χ3n) is 2.59. The topological polar surface area (TPSA) is 116 Å². The van der Waals surface area contributed by atoms with Crippen LogP contribution in [0.15, 0.2) is 18.2 Å². The van der Waals surface area contributed by atoms with Gasteiger partial charge in [-0.1, -0.05) is 19.9 Å². The van der Waals surface area contributed by atoms with Crippen LogP contribution in [0.25, 0.3) is 0 Å². The van der Waals surface area contributed by atoms with Crippen LogP contribution in [-0.4, -0.2) is 22.0 Å². The third kappa shape index (κ3) is 3.19.